The van der Waals surface area contributed by atoms with Crippen LogP contribution in [-0.4, -0.2) is 12.5 Å². The summed E-state index contributed by atoms with van der Waals surface area (Å²) < 4.78 is 13.7. The van der Waals surface area contributed by atoms with Crippen molar-refractivity contribution in [2.75, 3.05) is 11.9 Å². The molecule has 0 bridgehead atoms. The predicted molar refractivity (Wildman–Crippen MR) is 76.7 cm³/mol. The second-order valence-corrected chi connectivity index (χ2v) is 4.02. The number of carbonyl (C=O) groups is 1. The monoisotopic (exact) mass is 268 g/mol. The molecule has 0 atom stereocenters. The van der Waals surface area contributed by atoms with Gasteiger partial charge in [0.1, 0.15) is 5.82 Å². The van der Waals surface area contributed by atoms with Crippen LogP contribution in [0.2, 0.25) is 0 Å². The Balaban J connectivity index is 2.17. The van der Waals surface area contributed by atoms with E-state index in [1.807, 2.05) is 18.2 Å². The molecule has 0 aromatic heterocycles. The van der Waals surface area contributed by atoms with Gasteiger partial charge in [-0.1, -0.05) is 30.0 Å². The molecule has 0 aliphatic carbocycles. The Morgan fingerprint density at radius 1 is 1.20 bits per heavy atom. The van der Waals surface area contributed by atoms with Crippen LogP contribution in [0.15, 0.2) is 48.5 Å². The van der Waals surface area contributed by atoms with E-state index in [9.17, 15) is 9.18 Å². The number of anilines is 1. The smallest absolute Gasteiger partial charge is 0.255 e. The zero-order valence-electron chi connectivity index (χ0n) is 10.7. The summed E-state index contributed by atoms with van der Waals surface area (Å²) in [4.78, 5) is 12.0. The molecule has 0 aliphatic heterocycles. The Hall–Kier alpha value is -2.64. The van der Waals surface area contributed by atoms with E-state index >= 15 is 0 Å². The molecule has 0 radical (unpaired) electrons. The van der Waals surface area contributed by atoms with E-state index in [1.165, 1.54) is 18.2 Å². The van der Waals surface area contributed by atoms with Crippen molar-refractivity contribution in [2.45, 2.75) is 0 Å². The van der Waals surface area contributed by atoms with Gasteiger partial charge in [0.25, 0.3) is 5.91 Å². The van der Waals surface area contributed by atoms with Gasteiger partial charge in [-0.2, -0.15) is 0 Å². The standard InChI is InChI=1S/C16H13FN2O/c17-15-11-13(9-8-12(15)5-4-10-18)16(20)19-14-6-2-1-3-7-14/h1-3,6-9,11H,10,18H2,(H,19,20). The highest BCUT2D eigenvalue weighted by molar-refractivity contribution is 6.04. The highest BCUT2D eigenvalue weighted by atomic mass is 19.1. The summed E-state index contributed by atoms with van der Waals surface area (Å²) in [5.74, 6) is 4.28. The SMILES string of the molecule is NCC#Cc1ccc(C(=O)Nc2ccccc2)cc1F. The summed E-state index contributed by atoms with van der Waals surface area (Å²) in [5.41, 5.74) is 6.36. The molecule has 3 nitrogen and oxygen atoms in total. The zero-order valence-corrected chi connectivity index (χ0v) is 10.7. The summed E-state index contributed by atoms with van der Waals surface area (Å²) in [7, 11) is 0. The number of para-hydroxylation sites is 1. The van der Waals surface area contributed by atoms with Crippen LogP contribution < -0.4 is 11.1 Å². The molecule has 4 heteroatoms. The van der Waals surface area contributed by atoms with Gasteiger partial charge in [-0.25, -0.2) is 4.39 Å². The van der Waals surface area contributed by atoms with E-state index in [0.29, 0.717) is 5.69 Å². The second-order valence-electron chi connectivity index (χ2n) is 4.02. The van der Waals surface area contributed by atoms with Gasteiger partial charge < -0.3 is 11.1 Å². The van der Waals surface area contributed by atoms with Crippen molar-refractivity contribution in [3.8, 4) is 11.8 Å². The Bertz CT molecular complexity index is 672. The van der Waals surface area contributed by atoms with Crippen molar-refractivity contribution in [1.29, 1.82) is 0 Å². The van der Waals surface area contributed by atoms with E-state index in [4.69, 9.17) is 5.73 Å². The van der Waals surface area contributed by atoms with Crippen molar-refractivity contribution in [3.05, 3.63) is 65.5 Å². The van der Waals surface area contributed by atoms with Gasteiger partial charge in [-0.3, -0.25) is 4.79 Å². The summed E-state index contributed by atoms with van der Waals surface area (Å²) in [5, 5.41) is 2.69. The van der Waals surface area contributed by atoms with E-state index in [0.717, 1.165) is 0 Å². The van der Waals surface area contributed by atoms with E-state index < -0.39 is 5.82 Å². The average molecular weight is 268 g/mol. The molecule has 0 saturated heterocycles. The number of halogens is 1. The maximum absolute atomic E-state index is 13.7. The molecule has 0 unspecified atom stereocenters. The third-order valence-electron chi connectivity index (χ3n) is 2.59. The maximum atomic E-state index is 13.7. The first-order chi connectivity index (χ1) is 9.70. The van der Waals surface area contributed by atoms with Gasteiger partial charge >= 0.3 is 0 Å². The molecule has 3 N–H and O–H groups in total. The number of carbonyl (C=O) groups excluding carboxylic acids is 1. The molecule has 100 valence electrons. The second kappa shape index (κ2) is 6.50. The number of hydrogen-bond donors (Lipinski definition) is 2. The highest BCUT2D eigenvalue weighted by Gasteiger charge is 2.09. The van der Waals surface area contributed by atoms with Crippen molar-refractivity contribution in [1.82, 2.24) is 0 Å². The van der Waals surface area contributed by atoms with E-state index in [1.54, 1.807) is 12.1 Å². The molecule has 1 amide bonds. The van der Waals surface area contributed by atoms with Gasteiger partial charge in [-0.15, -0.1) is 0 Å². The first-order valence-corrected chi connectivity index (χ1v) is 6.05. The van der Waals surface area contributed by atoms with Crippen LogP contribution in [0, 0.1) is 17.7 Å². The molecular formula is C16H13FN2O. The molecule has 20 heavy (non-hydrogen) atoms. The van der Waals surface area contributed by atoms with Crippen molar-refractivity contribution in [3.63, 3.8) is 0 Å². The molecule has 0 aliphatic rings. The Labute approximate surface area is 116 Å². The maximum Gasteiger partial charge on any atom is 0.255 e. The fourth-order valence-electron chi connectivity index (χ4n) is 1.63. The topological polar surface area (TPSA) is 55.1 Å². The molecule has 2 aromatic rings. The van der Waals surface area contributed by atoms with Gasteiger partial charge in [0.15, 0.2) is 0 Å². The third-order valence-corrected chi connectivity index (χ3v) is 2.59. The quantitative estimate of drug-likeness (QED) is 0.822. The zero-order chi connectivity index (χ0) is 14.4. The lowest BCUT2D eigenvalue weighted by Crippen LogP contribution is -2.12. The van der Waals surface area contributed by atoms with Crippen LogP contribution in [0.3, 0.4) is 0 Å². The molecule has 2 rings (SSSR count). The van der Waals surface area contributed by atoms with E-state index in [2.05, 4.69) is 17.2 Å². The predicted octanol–water partition coefficient (Wildman–Crippen LogP) is 2.39. The lowest BCUT2D eigenvalue weighted by Gasteiger charge is -2.05. The summed E-state index contributed by atoms with van der Waals surface area (Å²) in [6.07, 6.45) is 0. The first kappa shape index (κ1) is 13.8. The van der Waals surface area contributed by atoms with Crippen LogP contribution in [0.1, 0.15) is 15.9 Å². The normalized spacial score (nSPS) is 9.50. The van der Waals surface area contributed by atoms with Gasteiger partial charge in [-0.05, 0) is 30.3 Å². The fourth-order valence-corrected chi connectivity index (χ4v) is 1.63. The Kier molecular flexibility index (Phi) is 4.48. The van der Waals surface area contributed by atoms with Crippen LogP contribution in [0.5, 0.6) is 0 Å². The molecule has 0 heterocycles. The van der Waals surface area contributed by atoms with Crippen LogP contribution >= 0.6 is 0 Å². The van der Waals surface area contributed by atoms with Crippen molar-refractivity contribution >= 4 is 11.6 Å². The summed E-state index contributed by atoms with van der Waals surface area (Å²) in [6, 6.07) is 13.1. The van der Waals surface area contributed by atoms with Crippen molar-refractivity contribution in [2.24, 2.45) is 5.73 Å². The number of hydrogen-bond acceptors (Lipinski definition) is 2. The van der Waals surface area contributed by atoms with E-state index in [-0.39, 0.29) is 23.6 Å². The van der Waals surface area contributed by atoms with Gasteiger partial charge in [0.2, 0.25) is 0 Å². The lowest BCUT2D eigenvalue weighted by molar-refractivity contribution is 0.102. The molecule has 0 spiro atoms. The van der Waals surface area contributed by atoms with Gasteiger partial charge in [0.05, 0.1) is 12.1 Å². The molecule has 2 aromatic carbocycles. The molecular weight excluding hydrogens is 255 g/mol. The summed E-state index contributed by atoms with van der Waals surface area (Å²) in [6.45, 7) is 0.162. The minimum absolute atomic E-state index is 0.162. The first-order valence-electron chi connectivity index (χ1n) is 6.05. The largest absolute Gasteiger partial charge is 0.322 e. The number of nitrogens with two attached hydrogens (primary N) is 1. The number of amides is 1. The number of rotatable bonds is 2. The Morgan fingerprint density at radius 3 is 2.60 bits per heavy atom. The van der Waals surface area contributed by atoms with Crippen molar-refractivity contribution < 1.29 is 9.18 Å². The number of nitrogens with one attached hydrogen (secondary N) is 1. The minimum Gasteiger partial charge on any atom is -0.322 e. The van der Waals surface area contributed by atoms with Crippen LogP contribution in [-0.2, 0) is 0 Å². The highest BCUT2D eigenvalue weighted by Crippen LogP contribution is 2.12. The molecule has 0 saturated carbocycles. The lowest BCUT2D eigenvalue weighted by atomic mass is 10.1. The van der Waals surface area contributed by atoms with Crippen LogP contribution in [0.4, 0.5) is 10.1 Å². The fraction of sp³-hybridized carbons (Fsp3) is 0.0625. The minimum atomic E-state index is -0.535. The number of benzene rings is 2. The van der Waals surface area contributed by atoms with Crippen LogP contribution in [0.25, 0.3) is 0 Å². The average Bonchev–Trinajstić information content (AvgIpc) is 2.47. The Morgan fingerprint density at radius 2 is 1.95 bits per heavy atom. The van der Waals surface area contributed by atoms with Gasteiger partial charge in [0, 0.05) is 11.3 Å². The molecule has 0 fully saturated rings. The third kappa shape index (κ3) is 3.44. The summed E-state index contributed by atoms with van der Waals surface area (Å²) >= 11 is 0.